The maximum atomic E-state index is 6.13. The van der Waals surface area contributed by atoms with E-state index in [4.69, 9.17) is 4.42 Å². The highest BCUT2D eigenvalue weighted by Crippen LogP contribution is 2.53. The van der Waals surface area contributed by atoms with Gasteiger partial charge in [0.05, 0.1) is 0 Å². The molecule has 2 nitrogen and oxygen atoms in total. The number of rotatable bonds is 4. The fourth-order valence-corrected chi connectivity index (χ4v) is 4.99. The number of hydrogen-bond donors (Lipinski definition) is 1. The topological polar surface area (TPSA) is 25.2 Å². The third-order valence-corrected chi connectivity index (χ3v) is 5.87. The quantitative estimate of drug-likeness (QED) is 0.880. The molecule has 0 saturated heterocycles. The van der Waals surface area contributed by atoms with E-state index in [2.05, 4.69) is 43.6 Å². The molecule has 2 fully saturated rings. The van der Waals surface area contributed by atoms with Crippen LogP contribution in [-0.2, 0) is 6.42 Å². The Labute approximate surface area is 126 Å². The first-order valence-corrected chi connectivity index (χ1v) is 8.49. The monoisotopic (exact) mass is 283 g/mol. The number of nitrogens with one attached hydrogen (secondary N) is 1. The van der Waals surface area contributed by atoms with E-state index in [1.54, 1.807) is 0 Å². The van der Waals surface area contributed by atoms with Crippen LogP contribution in [0.5, 0.6) is 0 Å². The highest BCUT2D eigenvalue weighted by atomic mass is 16.3. The van der Waals surface area contributed by atoms with Gasteiger partial charge < -0.3 is 9.73 Å². The normalized spacial score (nSPS) is 29.3. The van der Waals surface area contributed by atoms with Gasteiger partial charge >= 0.3 is 0 Å². The summed E-state index contributed by atoms with van der Waals surface area (Å²) in [6.07, 6.45) is 6.73. The van der Waals surface area contributed by atoms with Crippen molar-refractivity contribution in [2.75, 3.05) is 7.05 Å². The molecule has 2 aliphatic carbocycles. The van der Waals surface area contributed by atoms with Crippen molar-refractivity contribution in [1.29, 1.82) is 0 Å². The number of benzene rings is 1. The highest BCUT2D eigenvalue weighted by molar-refractivity contribution is 5.82. The first-order chi connectivity index (χ1) is 10.3. The predicted octanol–water partition coefficient (Wildman–Crippen LogP) is 4.69. The molecule has 0 amide bonds. The molecule has 2 heteroatoms. The summed E-state index contributed by atoms with van der Waals surface area (Å²) in [5.41, 5.74) is 2.49. The Morgan fingerprint density at radius 2 is 2.10 bits per heavy atom. The van der Waals surface area contributed by atoms with Gasteiger partial charge in [-0.25, -0.2) is 0 Å². The molecule has 2 saturated carbocycles. The van der Waals surface area contributed by atoms with Crippen molar-refractivity contribution in [3.8, 4) is 0 Å². The van der Waals surface area contributed by atoms with Crippen LogP contribution >= 0.6 is 0 Å². The lowest BCUT2D eigenvalue weighted by molar-refractivity contribution is 0.258. The van der Waals surface area contributed by atoms with Crippen molar-refractivity contribution in [2.45, 2.75) is 45.1 Å². The highest BCUT2D eigenvalue weighted by Gasteiger charge is 2.44. The van der Waals surface area contributed by atoms with E-state index in [-0.39, 0.29) is 0 Å². The minimum absolute atomic E-state index is 0.457. The van der Waals surface area contributed by atoms with Crippen molar-refractivity contribution in [1.82, 2.24) is 5.32 Å². The standard InChI is InChI=1S/C19H25NO/c1-3-16-18(14-6-4-5-7-17(14)21-16)19(20-2)15-11-12-8-9-13(15)10-12/h4-7,12-13,15,19-20H,3,8-11H2,1-2H3. The van der Waals surface area contributed by atoms with Gasteiger partial charge in [0, 0.05) is 23.4 Å². The number of fused-ring (bicyclic) bond motifs is 3. The molecule has 4 unspecified atom stereocenters. The minimum atomic E-state index is 0.457. The van der Waals surface area contributed by atoms with Gasteiger partial charge in [-0.1, -0.05) is 31.5 Å². The largest absolute Gasteiger partial charge is 0.461 e. The van der Waals surface area contributed by atoms with Crippen LogP contribution in [0.25, 0.3) is 11.0 Å². The molecule has 1 N–H and O–H groups in total. The summed E-state index contributed by atoms with van der Waals surface area (Å²) in [5.74, 6) is 3.88. The molecule has 1 heterocycles. The van der Waals surface area contributed by atoms with Crippen LogP contribution in [0, 0.1) is 17.8 Å². The van der Waals surface area contributed by atoms with Crippen molar-refractivity contribution in [2.24, 2.45) is 17.8 Å². The number of para-hydroxylation sites is 1. The van der Waals surface area contributed by atoms with Crippen molar-refractivity contribution in [3.05, 3.63) is 35.6 Å². The fourth-order valence-electron chi connectivity index (χ4n) is 4.99. The fraction of sp³-hybridized carbons (Fsp3) is 0.579. The van der Waals surface area contributed by atoms with E-state index in [1.807, 2.05) is 0 Å². The van der Waals surface area contributed by atoms with Crippen molar-refractivity contribution < 1.29 is 4.42 Å². The molecule has 4 atom stereocenters. The Balaban J connectivity index is 1.79. The van der Waals surface area contributed by atoms with Gasteiger partial charge in [-0.2, -0.15) is 0 Å². The van der Waals surface area contributed by atoms with Crippen LogP contribution in [0.1, 0.15) is 50.0 Å². The predicted molar refractivity (Wildman–Crippen MR) is 86.3 cm³/mol. The summed E-state index contributed by atoms with van der Waals surface area (Å²) in [6, 6.07) is 8.99. The second-order valence-corrected chi connectivity index (χ2v) is 6.89. The number of aryl methyl sites for hydroxylation is 1. The maximum Gasteiger partial charge on any atom is 0.134 e. The Morgan fingerprint density at radius 1 is 1.24 bits per heavy atom. The molecular weight excluding hydrogens is 258 g/mol. The van der Waals surface area contributed by atoms with Crippen molar-refractivity contribution >= 4 is 11.0 Å². The second-order valence-electron chi connectivity index (χ2n) is 6.89. The van der Waals surface area contributed by atoms with E-state index in [9.17, 15) is 0 Å². The molecule has 0 aliphatic heterocycles. The third kappa shape index (κ3) is 2.03. The molecule has 0 radical (unpaired) electrons. The van der Waals surface area contributed by atoms with E-state index in [1.165, 1.54) is 42.4 Å². The summed E-state index contributed by atoms with van der Waals surface area (Å²) < 4.78 is 6.13. The average Bonchev–Trinajstić information content (AvgIpc) is 3.22. The SMILES string of the molecule is CCc1oc2ccccc2c1C(NC)C1CC2CCC1C2. The van der Waals surface area contributed by atoms with Gasteiger partial charge in [0.2, 0.25) is 0 Å². The van der Waals surface area contributed by atoms with Gasteiger partial charge in [-0.15, -0.1) is 0 Å². The van der Waals surface area contributed by atoms with Crippen LogP contribution in [0.3, 0.4) is 0 Å². The lowest BCUT2D eigenvalue weighted by Crippen LogP contribution is -2.29. The summed E-state index contributed by atoms with van der Waals surface area (Å²) in [4.78, 5) is 0. The van der Waals surface area contributed by atoms with Gasteiger partial charge in [-0.05, 0) is 50.1 Å². The Hall–Kier alpha value is -1.28. The molecule has 1 aromatic heterocycles. The summed E-state index contributed by atoms with van der Waals surface area (Å²) in [6.45, 7) is 2.20. The third-order valence-electron chi connectivity index (χ3n) is 5.87. The smallest absolute Gasteiger partial charge is 0.134 e. The molecule has 0 spiro atoms. The Morgan fingerprint density at radius 3 is 2.76 bits per heavy atom. The first kappa shape index (κ1) is 13.4. The zero-order valence-electron chi connectivity index (χ0n) is 13.1. The molecule has 112 valence electrons. The average molecular weight is 283 g/mol. The minimum Gasteiger partial charge on any atom is -0.461 e. The van der Waals surface area contributed by atoms with Crippen LogP contribution in [0.4, 0.5) is 0 Å². The lowest BCUT2D eigenvalue weighted by Gasteiger charge is -2.30. The number of furan rings is 1. The van der Waals surface area contributed by atoms with Crippen LogP contribution in [-0.4, -0.2) is 7.05 Å². The van der Waals surface area contributed by atoms with Gasteiger partial charge in [0.25, 0.3) is 0 Å². The molecule has 1 aromatic carbocycles. The lowest BCUT2D eigenvalue weighted by atomic mass is 9.79. The zero-order chi connectivity index (χ0) is 14.4. The molecule has 2 bridgehead atoms. The molecule has 21 heavy (non-hydrogen) atoms. The molecule has 4 rings (SSSR count). The van der Waals surface area contributed by atoms with Crippen LogP contribution < -0.4 is 5.32 Å². The molecule has 2 aliphatic rings. The van der Waals surface area contributed by atoms with Crippen LogP contribution in [0.15, 0.2) is 28.7 Å². The van der Waals surface area contributed by atoms with Gasteiger partial charge in [0.1, 0.15) is 11.3 Å². The van der Waals surface area contributed by atoms with Gasteiger partial charge in [0.15, 0.2) is 0 Å². The summed E-state index contributed by atoms with van der Waals surface area (Å²) >= 11 is 0. The van der Waals surface area contributed by atoms with E-state index >= 15 is 0 Å². The Kier molecular flexibility index (Phi) is 3.30. The van der Waals surface area contributed by atoms with Crippen LogP contribution in [0.2, 0.25) is 0 Å². The number of hydrogen-bond acceptors (Lipinski definition) is 2. The zero-order valence-corrected chi connectivity index (χ0v) is 13.1. The van der Waals surface area contributed by atoms with Crippen molar-refractivity contribution in [3.63, 3.8) is 0 Å². The second kappa shape index (κ2) is 5.17. The first-order valence-electron chi connectivity index (χ1n) is 8.49. The van der Waals surface area contributed by atoms with E-state index in [0.29, 0.717) is 6.04 Å². The molecular formula is C19H25NO. The summed E-state index contributed by atoms with van der Waals surface area (Å²) in [5, 5.41) is 4.95. The van der Waals surface area contributed by atoms with E-state index in [0.717, 1.165) is 29.8 Å². The molecule has 2 aromatic rings. The van der Waals surface area contributed by atoms with E-state index < -0.39 is 0 Å². The van der Waals surface area contributed by atoms with Gasteiger partial charge in [-0.3, -0.25) is 0 Å². The Bertz CT molecular complexity index is 644. The summed E-state index contributed by atoms with van der Waals surface area (Å²) in [7, 11) is 2.12. The maximum absolute atomic E-state index is 6.13.